The Balaban J connectivity index is 1.65. The Kier molecular flexibility index (Phi) is 3.50. The third kappa shape index (κ3) is 2.51. The van der Waals surface area contributed by atoms with Crippen molar-refractivity contribution in [2.24, 2.45) is 4.99 Å². The van der Waals surface area contributed by atoms with Crippen LogP contribution in [0.2, 0.25) is 0 Å². The summed E-state index contributed by atoms with van der Waals surface area (Å²) in [4.78, 5) is 16.3. The Bertz CT molecular complexity index is 363. The summed E-state index contributed by atoms with van der Waals surface area (Å²) in [5.74, 6) is 1.22. The molecular weight excluding hydrogens is 246 g/mol. The van der Waals surface area contributed by atoms with Crippen molar-refractivity contribution >= 4 is 22.8 Å². The van der Waals surface area contributed by atoms with Crippen LogP contribution in [0.15, 0.2) is 4.99 Å². The monoisotopic (exact) mass is 267 g/mol. The van der Waals surface area contributed by atoms with Gasteiger partial charge in [0.2, 0.25) is 5.91 Å². The normalized spacial score (nSPS) is 33.4. The molecule has 2 heterocycles. The lowest BCUT2D eigenvalue weighted by Crippen LogP contribution is -2.46. The molecule has 1 saturated carbocycles. The van der Waals surface area contributed by atoms with Crippen molar-refractivity contribution in [1.29, 1.82) is 0 Å². The van der Waals surface area contributed by atoms with Gasteiger partial charge in [0, 0.05) is 17.8 Å². The number of nitrogens with one attached hydrogen (secondary N) is 2. The molecule has 2 aliphatic heterocycles. The molecule has 2 saturated heterocycles. The Morgan fingerprint density at radius 1 is 1.22 bits per heavy atom. The first kappa shape index (κ1) is 12.3. The highest BCUT2D eigenvalue weighted by molar-refractivity contribution is 8.14. The molecule has 0 radical (unpaired) electrons. The molecule has 0 aromatic rings. The molecule has 100 valence electrons. The molecular formula is C13H21N3OS. The van der Waals surface area contributed by atoms with Crippen molar-refractivity contribution in [3.63, 3.8) is 0 Å². The minimum absolute atomic E-state index is 0.0979. The minimum atomic E-state index is -0.160. The number of thioether (sulfide) groups is 1. The van der Waals surface area contributed by atoms with E-state index < -0.39 is 0 Å². The molecule has 3 fully saturated rings. The van der Waals surface area contributed by atoms with Gasteiger partial charge in [-0.2, -0.15) is 0 Å². The third-order valence-electron chi connectivity index (χ3n) is 4.20. The van der Waals surface area contributed by atoms with E-state index in [4.69, 9.17) is 0 Å². The molecule has 1 amide bonds. The summed E-state index contributed by atoms with van der Waals surface area (Å²) >= 11 is 1.80. The summed E-state index contributed by atoms with van der Waals surface area (Å²) in [6.07, 6.45) is 8.47. The maximum atomic E-state index is 11.7. The van der Waals surface area contributed by atoms with Gasteiger partial charge >= 0.3 is 0 Å². The number of carbonyl (C=O) groups excluding carboxylic acids is 1. The first-order valence-electron chi connectivity index (χ1n) is 7.04. The van der Waals surface area contributed by atoms with Crippen LogP contribution in [0.3, 0.4) is 0 Å². The van der Waals surface area contributed by atoms with E-state index in [1.165, 1.54) is 32.1 Å². The molecule has 0 aromatic carbocycles. The number of nitrogens with zero attached hydrogens (tertiary/aromatic N) is 1. The van der Waals surface area contributed by atoms with Crippen molar-refractivity contribution in [2.45, 2.75) is 56.5 Å². The Hall–Kier alpha value is -0.710. The average Bonchev–Trinajstić information content (AvgIpc) is 2.76. The number of rotatable bonds is 1. The van der Waals surface area contributed by atoms with E-state index in [0.717, 1.165) is 30.3 Å². The molecule has 0 aromatic heterocycles. The minimum Gasteiger partial charge on any atom is -0.359 e. The number of carbonyl (C=O) groups is 1. The number of amidine groups is 1. The topological polar surface area (TPSA) is 53.5 Å². The van der Waals surface area contributed by atoms with Crippen LogP contribution in [0.25, 0.3) is 0 Å². The van der Waals surface area contributed by atoms with Gasteiger partial charge in [-0.05, 0) is 25.7 Å². The van der Waals surface area contributed by atoms with Gasteiger partial charge in [-0.15, -0.1) is 0 Å². The standard InChI is InChI=1S/C13H21N3OS/c17-11-10(5-4-8-14-11)15-12-16-13(9-18-12)6-2-1-3-7-13/h10H,1-9H2,(H,14,17)(H,15,16). The number of amides is 1. The van der Waals surface area contributed by atoms with Gasteiger partial charge in [-0.1, -0.05) is 31.0 Å². The molecule has 5 heteroatoms. The zero-order valence-corrected chi connectivity index (χ0v) is 11.5. The molecule has 4 nitrogen and oxygen atoms in total. The van der Waals surface area contributed by atoms with E-state index >= 15 is 0 Å². The Labute approximate surface area is 112 Å². The molecule has 1 unspecified atom stereocenters. The molecule has 1 atom stereocenters. The van der Waals surface area contributed by atoms with Crippen LogP contribution in [0, 0.1) is 0 Å². The van der Waals surface area contributed by atoms with Gasteiger partial charge in [0.05, 0.1) is 0 Å². The maximum absolute atomic E-state index is 11.7. The summed E-state index contributed by atoms with van der Waals surface area (Å²) in [6, 6.07) is -0.160. The van der Waals surface area contributed by atoms with Gasteiger partial charge in [0.1, 0.15) is 6.04 Å². The lowest BCUT2D eigenvalue weighted by atomic mass is 9.83. The highest BCUT2D eigenvalue weighted by atomic mass is 32.2. The second kappa shape index (κ2) is 5.11. The van der Waals surface area contributed by atoms with Crippen LogP contribution in [0.4, 0.5) is 0 Å². The summed E-state index contributed by atoms with van der Waals surface area (Å²) in [5, 5.41) is 7.50. The fraction of sp³-hybridized carbons (Fsp3) is 0.846. The van der Waals surface area contributed by atoms with E-state index in [1.54, 1.807) is 11.8 Å². The van der Waals surface area contributed by atoms with Crippen LogP contribution in [-0.4, -0.2) is 35.0 Å². The molecule has 2 N–H and O–H groups in total. The molecule has 1 aliphatic carbocycles. The molecule has 3 rings (SSSR count). The average molecular weight is 267 g/mol. The van der Waals surface area contributed by atoms with Gasteiger partial charge in [0.15, 0.2) is 5.17 Å². The van der Waals surface area contributed by atoms with Crippen LogP contribution in [-0.2, 0) is 4.79 Å². The summed E-state index contributed by atoms with van der Waals surface area (Å²) in [5.41, 5.74) is 0.285. The lowest BCUT2D eigenvalue weighted by molar-refractivity contribution is -0.123. The van der Waals surface area contributed by atoms with Crippen molar-refractivity contribution in [3.8, 4) is 0 Å². The van der Waals surface area contributed by atoms with Gasteiger partial charge in [-0.3, -0.25) is 4.79 Å². The van der Waals surface area contributed by atoms with E-state index in [9.17, 15) is 4.79 Å². The van der Waals surface area contributed by atoms with Crippen LogP contribution >= 0.6 is 11.8 Å². The fourth-order valence-electron chi connectivity index (χ4n) is 3.09. The molecule has 0 bridgehead atoms. The van der Waals surface area contributed by atoms with E-state index in [1.807, 2.05) is 0 Å². The van der Waals surface area contributed by atoms with Crippen molar-refractivity contribution < 1.29 is 4.79 Å². The number of hydrogen-bond acceptors (Lipinski definition) is 3. The smallest absolute Gasteiger partial charge is 0.244 e. The van der Waals surface area contributed by atoms with Gasteiger partial charge in [-0.25, -0.2) is 4.99 Å². The summed E-state index contributed by atoms with van der Waals surface area (Å²) in [6.45, 7) is 0.810. The largest absolute Gasteiger partial charge is 0.359 e. The second-order valence-corrected chi connectivity index (χ2v) is 6.60. The van der Waals surface area contributed by atoms with Crippen LogP contribution < -0.4 is 10.6 Å². The highest BCUT2D eigenvalue weighted by Crippen LogP contribution is 2.36. The number of hydrogen-bond donors (Lipinski definition) is 2. The van der Waals surface area contributed by atoms with Crippen LogP contribution in [0.5, 0.6) is 0 Å². The summed E-state index contributed by atoms with van der Waals surface area (Å²) < 4.78 is 0. The first-order valence-corrected chi connectivity index (χ1v) is 8.03. The SMILES string of the molecule is O=C1NCCCC1N=C1NC2(CCCCC2)CS1. The third-order valence-corrected chi connectivity index (χ3v) is 5.38. The summed E-state index contributed by atoms with van der Waals surface area (Å²) in [7, 11) is 0. The fourth-order valence-corrected chi connectivity index (χ4v) is 4.36. The Morgan fingerprint density at radius 3 is 2.83 bits per heavy atom. The molecule has 1 spiro atoms. The Morgan fingerprint density at radius 2 is 2.06 bits per heavy atom. The predicted molar refractivity (Wildman–Crippen MR) is 74.9 cm³/mol. The maximum Gasteiger partial charge on any atom is 0.244 e. The first-order chi connectivity index (χ1) is 8.77. The number of piperidine rings is 1. The van der Waals surface area contributed by atoms with Crippen molar-refractivity contribution in [2.75, 3.05) is 12.3 Å². The molecule has 18 heavy (non-hydrogen) atoms. The predicted octanol–water partition coefficient (Wildman–Crippen LogP) is 1.66. The number of aliphatic imine (C=N–C) groups is 1. The second-order valence-electron chi connectivity index (χ2n) is 5.64. The van der Waals surface area contributed by atoms with E-state index in [0.29, 0.717) is 0 Å². The highest BCUT2D eigenvalue weighted by Gasteiger charge is 2.38. The van der Waals surface area contributed by atoms with Gasteiger partial charge < -0.3 is 10.6 Å². The van der Waals surface area contributed by atoms with Crippen molar-refractivity contribution in [1.82, 2.24) is 10.6 Å². The van der Waals surface area contributed by atoms with E-state index in [2.05, 4.69) is 15.6 Å². The zero-order valence-electron chi connectivity index (χ0n) is 10.7. The quantitative estimate of drug-likeness (QED) is 0.760. The van der Waals surface area contributed by atoms with Gasteiger partial charge in [0.25, 0.3) is 0 Å². The zero-order chi connectivity index (χ0) is 12.4. The van der Waals surface area contributed by atoms with E-state index in [-0.39, 0.29) is 17.5 Å². The lowest BCUT2D eigenvalue weighted by Gasteiger charge is -2.32. The van der Waals surface area contributed by atoms with Crippen molar-refractivity contribution in [3.05, 3.63) is 0 Å². The molecule has 3 aliphatic rings. The van der Waals surface area contributed by atoms with Crippen LogP contribution in [0.1, 0.15) is 44.9 Å².